The second-order valence-electron chi connectivity index (χ2n) is 10.1. The summed E-state index contributed by atoms with van der Waals surface area (Å²) in [6, 6.07) is 11.1. The number of alkyl halides is 1. The summed E-state index contributed by atoms with van der Waals surface area (Å²) in [7, 11) is 0. The summed E-state index contributed by atoms with van der Waals surface area (Å²) in [5.74, 6) is -0.607. The van der Waals surface area contributed by atoms with E-state index in [1.807, 2.05) is 12.1 Å². The summed E-state index contributed by atoms with van der Waals surface area (Å²) in [6.45, 7) is 1.88. The van der Waals surface area contributed by atoms with Crippen molar-refractivity contribution in [3.8, 4) is 16.9 Å². The number of rotatable bonds is 15. The van der Waals surface area contributed by atoms with Gasteiger partial charge in [0.25, 0.3) is 0 Å². The lowest BCUT2D eigenvalue weighted by Gasteiger charge is -2.27. The lowest BCUT2D eigenvalue weighted by molar-refractivity contribution is 0.314. The quantitative estimate of drug-likeness (QED) is 0.175. The molecule has 2 aromatic carbocycles. The van der Waals surface area contributed by atoms with Gasteiger partial charge >= 0.3 is 0 Å². The molecule has 1 nitrogen and oxygen atoms in total. The second kappa shape index (κ2) is 15.8. The molecule has 0 bridgehead atoms. The average molecular weight is 501 g/mol. The smallest absolute Gasteiger partial charge is 0.201 e. The van der Waals surface area contributed by atoms with E-state index in [9.17, 15) is 13.2 Å². The molecule has 1 aliphatic rings. The molecule has 3 rings (SSSR count). The number of unbranched alkanes of at least 4 members (excludes halogenated alkanes) is 8. The molecule has 4 heteroatoms. The van der Waals surface area contributed by atoms with E-state index in [1.165, 1.54) is 82.3 Å². The molecule has 0 aliphatic heterocycles. The molecule has 0 radical (unpaired) electrons. The highest BCUT2D eigenvalue weighted by Gasteiger charge is 2.21. The monoisotopic (exact) mass is 500 g/mol. The highest BCUT2D eigenvalue weighted by molar-refractivity contribution is 5.65. The third kappa shape index (κ3) is 8.71. The fourth-order valence-corrected chi connectivity index (χ4v) is 5.31. The lowest BCUT2D eigenvalue weighted by atomic mass is 9.78. The molecule has 1 aliphatic carbocycles. The Bertz CT molecular complexity index is 914. The third-order valence-electron chi connectivity index (χ3n) is 7.47. The Kier molecular flexibility index (Phi) is 12.4. The molecule has 0 N–H and O–H groups in total. The van der Waals surface area contributed by atoms with Crippen LogP contribution in [0.4, 0.5) is 13.2 Å². The van der Waals surface area contributed by atoms with E-state index in [0.717, 1.165) is 12.8 Å². The molecule has 0 aromatic heterocycles. The van der Waals surface area contributed by atoms with Gasteiger partial charge in [-0.3, -0.25) is 4.39 Å². The van der Waals surface area contributed by atoms with Crippen molar-refractivity contribution in [1.82, 2.24) is 0 Å². The van der Waals surface area contributed by atoms with Gasteiger partial charge in [0.2, 0.25) is 5.82 Å². The van der Waals surface area contributed by atoms with Gasteiger partial charge in [-0.05, 0) is 87.0 Å². The molecule has 1 saturated carbocycles. The minimum Gasteiger partial charge on any atom is -0.491 e. The zero-order chi connectivity index (χ0) is 25.6. The fourth-order valence-electron chi connectivity index (χ4n) is 5.31. The SMILES string of the molecule is CCOc1ccc(-c2ccc(C3CCC(/C=C/CCCCCCCCCCF)CC3)cc2)c(F)c1F. The number of allylic oxidation sites excluding steroid dienone is 2. The Morgan fingerprint density at radius 2 is 1.42 bits per heavy atom. The first-order valence-corrected chi connectivity index (χ1v) is 14.1. The normalized spacial score (nSPS) is 18.1. The van der Waals surface area contributed by atoms with Gasteiger partial charge in [0.05, 0.1) is 13.3 Å². The van der Waals surface area contributed by atoms with Crippen LogP contribution in [0.25, 0.3) is 11.1 Å². The van der Waals surface area contributed by atoms with Gasteiger partial charge in [0.1, 0.15) is 0 Å². The van der Waals surface area contributed by atoms with Gasteiger partial charge in [-0.2, -0.15) is 4.39 Å². The first-order valence-electron chi connectivity index (χ1n) is 14.1. The van der Waals surface area contributed by atoms with Crippen LogP contribution in [-0.4, -0.2) is 13.3 Å². The number of ether oxygens (including phenoxy) is 1. The zero-order valence-electron chi connectivity index (χ0n) is 21.9. The van der Waals surface area contributed by atoms with Crippen LogP contribution in [0, 0.1) is 17.6 Å². The van der Waals surface area contributed by atoms with Gasteiger partial charge in [0.15, 0.2) is 11.6 Å². The maximum atomic E-state index is 14.6. The minimum atomic E-state index is -0.925. The zero-order valence-corrected chi connectivity index (χ0v) is 21.9. The van der Waals surface area contributed by atoms with Crippen molar-refractivity contribution in [1.29, 1.82) is 0 Å². The van der Waals surface area contributed by atoms with Gasteiger partial charge in [-0.25, -0.2) is 4.39 Å². The van der Waals surface area contributed by atoms with E-state index in [0.29, 0.717) is 24.0 Å². The van der Waals surface area contributed by atoms with Crippen LogP contribution < -0.4 is 4.74 Å². The number of hydrogen-bond donors (Lipinski definition) is 0. The lowest BCUT2D eigenvalue weighted by Crippen LogP contribution is -2.11. The Hall–Kier alpha value is -2.23. The van der Waals surface area contributed by atoms with Gasteiger partial charge in [-0.1, -0.05) is 74.9 Å². The first kappa shape index (κ1) is 28.3. The molecule has 198 valence electrons. The molecule has 0 amide bonds. The predicted molar refractivity (Wildman–Crippen MR) is 144 cm³/mol. The summed E-state index contributed by atoms with van der Waals surface area (Å²) in [6.07, 6.45) is 20.1. The molecule has 0 spiro atoms. The van der Waals surface area contributed by atoms with Crippen LogP contribution in [0.1, 0.15) is 102 Å². The Labute approximate surface area is 216 Å². The van der Waals surface area contributed by atoms with E-state index in [1.54, 1.807) is 13.0 Å². The Morgan fingerprint density at radius 3 is 2.06 bits per heavy atom. The number of halogens is 3. The molecule has 2 aromatic rings. The van der Waals surface area contributed by atoms with Crippen molar-refractivity contribution < 1.29 is 17.9 Å². The number of hydrogen-bond acceptors (Lipinski definition) is 1. The summed E-state index contributed by atoms with van der Waals surface area (Å²) in [5.41, 5.74) is 2.24. The minimum absolute atomic E-state index is 0.0426. The van der Waals surface area contributed by atoms with Crippen molar-refractivity contribution in [2.24, 2.45) is 5.92 Å². The van der Waals surface area contributed by atoms with Crippen LogP contribution in [0.3, 0.4) is 0 Å². The van der Waals surface area contributed by atoms with Crippen LogP contribution in [0.2, 0.25) is 0 Å². The van der Waals surface area contributed by atoms with Crippen LogP contribution in [0.15, 0.2) is 48.6 Å². The molecule has 0 heterocycles. The van der Waals surface area contributed by atoms with Crippen molar-refractivity contribution >= 4 is 0 Å². The molecule has 36 heavy (non-hydrogen) atoms. The molecule has 1 fully saturated rings. The standard InChI is InChI=1S/C32H43F3O/c1-2-36-30-23-22-29(31(34)32(30)35)28-20-18-27(19-21-28)26-16-14-25(15-17-26)13-11-9-7-5-3-4-6-8-10-12-24-33/h11,13,18-23,25-26H,2-10,12,14-17,24H2,1H3/b13-11+. The summed E-state index contributed by atoms with van der Waals surface area (Å²) in [5, 5.41) is 0. The van der Waals surface area contributed by atoms with Gasteiger partial charge in [0, 0.05) is 5.56 Å². The van der Waals surface area contributed by atoms with Crippen LogP contribution >= 0.6 is 0 Å². The first-order chi connectivity index (χ1) is 17.6. The van der Waals surface area contributed by atoms with E-state index in [4.69, 9.17) is 4.74 Å². The average Bonchev–Trinajstić information content (AvgIpc) is 2.91. The third-order valence-corrected chi connectivity index (χ3v) is 7.47. The van der Waals surface area contributed by atoms with Gasteiger partial charge in [-0.15, -0.1) is 0 Å². The molecular weight excluding hydrogens is 457 g/mol. The van der Waals surface area contributed by atoms with E-state index < -0.39 is 11.6 Å². The highest BCUT2D eigenvalue weighted by atomic mass is 19.2. The van der Waals surface area contributed by atoms with E-state index in [2.05, 4.69) is 24.3 Å². The second-order valence-corrected chi connectivity index (χ2v) is 10.1. The molecular formula is C32H43F3O. The molecule has 0 atom stereocenters. The topological polar surface area (TPSA) is 9.23 Å². The van der Waals surface area contributed by atoms with Crippen molar-refractivity contribution in [3.63, 3.8) is 0 Å². The maximum absolute atomic E-state index is 14.6. The molecule has 0 unspecified atom stereocenters. The van der Waals surface area contributed by atoms with E-state index in [-0.39, 0.29) is 18.0 Å². The Morgan fingerprint density at radius 1 is 0.778 bits per heavy atom. The van der Waals surface area contributed by atoms with Crippen LogP contribution in [-0.2, 0) is 0 Å². The van der Waals surface area contributed by atoms with Crippen LogP contribution in [0.5, 0.6) is 5.75 Å². The van der Waals surface area contributed by atoms with E-state index >= 15 is 0 Å². The maximum Gasteiger partial charge on any atom is 0.201 e. The van der Waals surface area contributed by atoms with Crippen molar-refractivity contribution in [3.05, 3.63) is 65.7 Å². The predicted octanol–water partition coefficient (Wildman–Crippen LogP) is 10.3. The van der Waals surface area contributed by atoms with Crippen molar-refractivity contribution in [2.75, 3.05) is 13.3 Å². The summed E-state index contributed by atoms with van der Waals surface area (Å²) >= 11 is 0. The summed E-state index contributed by atoms with van der Waals surface area (Å²) in [4.78, 5) is 0. The highest BCUT2D eigenvalue weighted by Crippen LogP contribution is 2.37. The summed E-state index contributed by atoms with van der Waals surface area (Å²) < 4.78 is 46.0. The largest absolute Gasteiger partial charge is 0.491 e. The Balaban J connectivity index is 1.37. The fraction of sp³-hybridized carbons (Fsp3) is 0.562. The molecule has 0 saturated heterocycles. The van der Waals surface area contributed by atoms with Crippen molar-refractivity contribution in [2.45, 2.75) is 96.3 Å². The van der Waals surface area contributed by atoms with Gasteiger partial charge < -0.3 is 4.74 Å². The number of benzene rings is 2.